The van der Waals surface area contributed by atoms with Gasteiger partial charge in [-0.3, -0.25) is 0 Å². The van der Waals surface area contributed by atoms with Crippen LogP contribution in [0.25, 0.3) is 11.4 Å². The molecule has 138 valence electrons. The Kier molecular flexibility index (Phi) is 5.13. The van der Waals surface area contributed by atoms with Gasteiger partial charge in [-0.05, 0) is 53.0 Å². The molecule has 3 aromatic rings. The second kappa shape index (κ2) is 7.70. The monoisotopic (exact) mass is 446 g/mol. The van der Waals surface area contributed by atoms with Crippen molar-refractivity contribution in [1.29, 1.82) is 0 Å². The maximum atomic E-state index is 12.8. The summed E-state index contributed by atoms with van der Waals surface area (Å²) in [6.45, 7) is 0.635. The first-order valence-electron chi connectivity index (χ1n) is 8.53. The van der Waals surface area contributed by atoms with Crippen molar-refractivity contribution in [3.05, 3.63) is 63.9 Å². The van der Waals surface area contributed by atoms with Crippen molar-refractivity contribution < 1.29 is 9.32 Å². The summed E-state index contributed by atoms with van der Waals surface area (Å²) in [7, 11) is 0. The fourth-order valence-electron chi connectivity index (χ4n) is 3.13. The Labute approximate surface area is 169 Å². The number of rotatable bonds is 3. The van der Waals surface area contributed by atoms with E-state index in [1.807, 2.05) is 36.4 Å². The molecule has 0 bridgehead atoms. The highest BCUT2D eigenvalue weighted by Crippen LogP contribution is 2.33. The van der Waals surface area contributed by atoms with Crippen LogP contribution in [0.15, 0.2) is 57.5 Å². The van der Waals surface area contributed by atoms with Crippen LogP contribution >= 0.6 is 27.5 Å². The zero-order valence-corrected chi connectivity index (χ0v) is 16.6. The van der Waals surface area contributed by atoms with Gasteiger partial charge in [0, 0.05) is 21.6 Å². The third-order valence-corrected chi connectivity index (χ3v) is 5.37. The molecular weight excluding hydrogens is 432 g/mol. The fraction of sp³-hybridized carbons (Fsp3) is 0.211. The third-order valence-electron chi connectivity index (χ3n) is 4.44. The van der Waals surface area contributed by atoms with Crippen LogP contribution in [0.4, 0.5) is 10.5 Å². The standard InChI is InChI=1S/C19H16BrClN4O2/c20-14-7-1-2-8-15(14)22-19(26)25-10-4-9-16(25)18-23-17(24-27-18)12-5-3-6-13(21)11-12/h1-3,5-8,11,16H,4,9-10H2,(H,22,26). The van der Waals surface area contributed by atoms with E-state index in [2.05, 4.69) is 31.4 Å². The molecule has 2 heterocycles. The second-order valence-corrected chi connectivity index (χ2v) is 7.52. The summed E-state index contributed by atoms with van der Waals surface area (Å²) in [5, 5.41) is 7.59. The number of nitrogens with zero attached hydrogens (tertiary/aromatic N) is 3. The smallest absolute Gasteiger partial charge is 0.322 e. The van der Waals surface area contributed by atoms with Gasteiger partial charge in [0.1, 0.15) is 6.04 Å². The van der Waals surface area contributed by atoms with Gasteiger partial charge in [0.25, 0.3) is 0 Å². The molecule has 27 heavy (non-hydrogen) atoms. The quantitative estimate of drug-likeness (QED) is 0.574. The van der Waals surface area contributed by atoms with E-state index in [4.69, 9.17) is 16.1 Å². The molecule has 1 N–H and O–H groups in total. The lowest BCUT2D eigenvalue weighted by Gasteiger charge is -2.22. The highest BCUT2D eigenvalue weighted by molar-refractivity contribution is 9.10. The molecule has 1 atom stereocenters. The molecule has 0 spiro atoms. The zero-order chi connectivity index (χ0) is 18.8. The Balaban J connectivity index is 1.53. The SMILES string of the molecule is O=C(Nc1ccccc1Br)N1CCCC1c1nc(-c2cccc(Cl)c2)no1. The number of carbonyl (C=O) groups is 1. The summed E-state index contributed by atoms with van der Waals surface area (Å²) in [4.78, 5) is 19.0. The van der Waals surface area contributed by atoms with E-state index in [0.29, 0.717) is 23.3 Å². The van der Waals surface area contributed by atoms with Crippen molar-refractivity contribution in [1.82, 2.24) is 15.0 Å². The van der Waals surface area contributed by atoms with Crippen LogP contribution in [0.5, 0.6) is 0 Å². The van der Waals surface area contributed by atoms with Gasteiger partial charge in [-0.25, -0.2) is 4.79 Å². The Morgan fingerprint density at radius 1 is 1.26 bits per heavy atom. The van der Waals surface area contributed by atoms with Gasteiger partial charge >= 0.3 is 6.03 Å². The van der Waals surface area contributed by atoms with E-state index in [9.17, 15) is 4.79 Å². The molecule has 8 heteroatoms. The van der Waals surface area contributed by atoms with Crippen LogP contribution in [-0.2, 0) is 0 Å². The highest BCUT2D eigenvalue weighted by atomic mass is 79.9. The summed E-state index contributed by atoms with van der Waals surface area (Å²) < 4.78 is 6.29. The lowest BCUT2D eigenvalue weighted by molar-refractivity contribution is 0.193. The van der Waals surface area contributed by atoms with Gasteiger partial charge in [0.15, 0.2) is 0 Å². The predicted octanol–water partition coefficient (Wildman–Crippen LogP) is 5.52. The van der Waals surface area contributed by atoms with Gasteiger partial charge in [-0.15, -0.1) is 0 Å². The average Bonchev–Trinajstić information content (AvgIpc) is 3.33. The maximum absolute atomic E-state index is 12.8. The molecule has 1 aromatic heterocycles. The Morgan fingerprint density at radius 2 is 2.11 bits per heavy atom. The number of aromatic nitrogens is 2. The largest absolute Gasteiger partial charge is 0.337 e. The van der Waals surface area contributed by atoms with Crippen molar-refractivity contribution in [2.24, 2.45) is 0 Å². The minimum absolute atomic E-state index is 0.188. The Morgan fingerprint density at radius 3 is 2.93 bits per heavy atom. The number of para-hydroxylation sites is 1. The van der Waals surface area contributed by atoms with Crippen LogP contribution in [0.3, 0.4) is 0 Å². The number of likely N-dealkylation sites (tertiary alicyclic amines) is 1. The van der Waals surface area contributed by atoms with E-state index in [0.717, 1.165) is 28.6 Å². The number of nitrogens with one attached hydrogen (secondary N) is 1. The van der Waals surface area contributed by atoms with E-state index in [1.54, 1.807) is 17.0 Å². The number of halogens is 2. The third kappa shape index (κ3) is 3.84. The van der Waals surface area contributed by atoms with Crippen molar-refractivity contribution in [3.8, 4) is 11.4 Å². The number of anilines is 1. The Hall–Kier alpha value is -2.38. The predicted molar refractivity (Wildman–Crippen MR) is 107 cm³/mol. The molecular formula is C19H16BrClN4O2. The molecule has 0 radical (unpaired) electrons. The Bertz CT molecular complexity index is 978. The van der Waals surface area contributed by atoms with Crippen molar-refractivity contribution in [2.75, 3.05) is 11.9 Å². The molecule has 1 fully saturated rings. The minimum atomic E-state index is -0.243. The van der Waals surface area contributed by atoms with Crippen LogP contribution in [0, 0.1) is 0 Å². The van der Waals surface area contributed by atoms with Gasteiger partial charge in [-0.1, -0.05) is 41.0 Å². The van der Waals surface area contributed by atoms with E-state index >= 15 is 0 Å². The van der Waals surface area contributed by atoms with Crippen LogP contribution in [0.1, 0.15) is 24.8 Å². The first-order chi connectivity index (χ1) is 13.1. The second-order valence-electron chi connectivity index (χ2n) is 6.23. The summed E-state index contributed by atoms with van der Waals surface area (Å²) in [5.74, 6) is 0.898. The van der Waals surface area contributed by atoms with Gasteiger partial charge in [0.05, 0.1) is 5.69 Å². The summed E-state index contributed by atoms with van der Waals surface area (Å²) >= 11 is 9.48. The van der Waals surface area contributed by atoms with Crippen LogP contribution in [0.2, 0.25) is 5.02 Å². The number of hydrogen-bond acceptors (Lipinski definition) is 4. The van der Waals surface area contributed by atoms with Crippen molar-refractivity contribution in [3.63, 3.8) is 0 Å². The fourth-order valence-corrected chi connectivity index (χ4v) is 3.71. The van der Waals surface area contributed by atoms with Crippen LogP contribution in [-0.4, -0.2) is 27.6 Å². The maximum Gasteiger partial charge on any atom is 0.322 e. The van der Waals surface area contributed by atoms with E-state index in [1.165, 1.54) is 0 Å². The summed E-state index contributed by atoms with van der Waals surface area (Å²) in [6.07, 6.45) is 1.66. The molecule has 1 aliphatic rings. The normalized spacial score (nSPS) is 16.5. The average molecular weight is 448 g/mol. The minimum Gasteiger partial charge on any atom is -0.337 e. The van der Waals surface area contributed by atoms with Gasteiger partial charge in [-0.2, -0.15) is 4.98 Å². The van der Waals surface area contributed by atoms with Crippen molar-refractivity contribution in [2.45, 2.75) is 18.9 Å². The van der Waals surface area contributed by atoms with Gasteiger partial charge in [0.2, 0.25) is 11.7 Å². The van der Waals surface area contributed by atoms with Gasteiger partial charge < -0.3 is 14.7 Å². The lowest BCUT2D eigenvalue weighted by atomic mass is 10.2. The van der Waals surface area contributed by atoms with Crippen molar-refractivity contribution >= 4 is 39.2 Å². The lowest BCUT2D eigenvalue weighted by Crippen LogP contribution is -2.34. The first-order valence-corrected chi connectivity index (χ1v) is 9.70. The molecule has 6 nitrogen and oxygen atoms in total. The number of carbonyl (C=O) groups excluding carboxylic acids is 1. The number of amides is 2. The molecule has 1 saturated heterocycles. The summed E-state index contributed by atoms with van der Waals surface area (Å²) in [5.41, 5.74) is 1.50. The topological polar surface area (TPSA) is 71.3 Å². The molecule has 2 aromatic carbocycles. The highest BCUT2D eigenvalue weighted by Gasteiger charge is 2.34. The zero-order valence-electron chi connectivity index (χ0n) is 14.2. The first kappa shape index (κ1) is 18.0. The molecule has 2 amide bonds. The molecule has 1 unspecified atom stereocenters. The number of hydrogen-bond donors (Lipinski definition) is 1. The number of benzene rings is 2. The molecule has 4 rings (SSSR count). The summed E-state index contributed by atoms with van der Waals surface area (Å²) in [6, 6.07) is 14.3. The molecule has 0 aliphatic carbocycles. The molecule has 1 aliphatic heterocycles. The van der Waals surface area contributed by atoms with Crippen LogP contribution < -0.4 is 5.32 Å². The molecule has 0 saturated carbocycles. The van der Waals surface area contributed by atoms with E-state index < -0.39 is 0 Å². The van der Waals surface area contributed by atoms with E-state index in [-0.39, 0.29) is 12.1 Å². The number of urea groups is 1.